The van der Waals surface area contributed by atoms with Crippen molar-refractivity contribution >= 4 is 39.1 Å². The second-order valence-corrected chi connectivity index (χ2v) is 4.74. The quantitative estimate of drug-likeness (QED) is 0.756. The molecule has 3 nitrogen and oxygen atoms in total. The van der Waals surface area contributed by atoms with Crippen molar-refractivity contribution in [2.24, 2.45) is 7.05 Å². The Morgan fingerprint density at radius 3 is 2.80 bits per heavy atom. The van der Waals surface area contributed by atoms with E-state index in [1.165, 1.54) is 4.57 Å². The predicted octanol–water partition coefficient (Wildman–Crippen LogP) is 2.67. The van der Waals surface area contributed by atoms with E-state index in [0.717, 1.165) is 15.6 Å². The van der Waals surface area contributed by atoms with Crippen LogP contribution in [-0.2, 0) is 7.05 Å². The maximum atomic E-state index is 11.9. The summed E-state index contributed by atoms with van der Waals surface area (Å²) in [4.78, 5) is 15.0. The van der Waals surface area contributed by atoms with Gasteiger partial charge in [0, 0.05) is 11.5 Å². The van der Waals surface area contributed by atoms with Gasteiger partial charge in [-0.3, -0.25) is 9.36 Å². The van der Waals surface area contributed by atoms with Crippen LogP contribution in [0.25, 0.3) is 10.9 Å². The fraction of sp³-hybridized carbons (Fsp3) is 0.200. The second kappa shape index (κ2) is 3.57. The normalized spacial score (nSPS) is 10.9. The molecule has 15 heavy (non-hydrogen) atoms. The van der Waals surface area contributed by atoms with Crippen LogP contribution in [0.5, 0.6) is 0 Å². The number of rotatable bonds is 0. The molecule has 0 aliphatic heterocycles. The van der Waals surface area contributed by atoms with E-state index in [9.17, 15) is 4.79 Å². The first-order valence-corrected chi connectivity index (χ1v) is 5.60. The van der Waals surface area contributed by atoms with Crippen LogP contribution < -0.4 is 5.56 Å². The fourth-order valence-electron chi connectivity index (χ4n) is 1.54. The van der Waals surface area contributed by atoms with E-state index in [2.05, 4.69) is 20.9 Å². The molecule has 0 atom stereocenters. The molecular weight excluding hydrogens is 276 g/mol. The first kappa shape index (κ1) is 10.6. The number of benzene rings is 1. The van der Waals surface area contributed by atoms with Crippen LogP contribution in [0.4, 0.5) is 0 Å². The Hall–Kier alpha value is -0.940. The van der Waals surface area contributed by atoms with Gasteiger partial charge in [-0.25, -0.2) is 0 Å². The molecule has 0 bridgehead atoms. The van der Waals surface area contributed by atoms with Crippen LogP contribution in [-0.4, -0.2) is 9.55 Å². The average Bonchev–Trinajstić information content (AvgIpc) is 2.17. The molecule has 0 spiro atoms. The van der Waals surface area contributed by atoms with Gasteiger partial charge in [-0.15, -0.1) is 0 Å². The van der Waals surface area contributed by atoms with E-state index >= 15 is 0 Å². The highest BCUT2D eigenvalue weighted by Gasteiger charge is 2.05. The molecule has 0 radical (unpaired) electrons. The van der Waals surface area contributed by atoms with E-state index in [1.807, 2.05) is 13.0 Å². The molecule has 0 saturated heterocycles. The van der Waals surface area contributed by atoms with Crippen molar-refractivity contribution in [2.45, 2.75) is 6.92 Å². The number of aromatic amines is 1. The lowest BCUT2D eigenvalue weighted by molar-refractivity contribution is 0.823. The maximum Gasteiger partial charge on any atom is 0.261 e. The van der Waals surface area contributed by atoms with E-state index in [-0.39, 0.29) is 5.56 Å². The third-order valence-corrected chi connectivity index (χ3v) is 3.21. The first-order valence-electron chi connectivity index (χ1n) is 4.40. The van der Waals surface area contributed by atoms with Crippen LogP contribution in [0, 0.1) is 11.7 Å². The Balaban J connectivity index is 3.13. The minimum absolute atomic E-state index is 0.0712. The molecule has 5 heteroatoms. The van der Waals surface area contributed by atoms with Gasteiger partial charge in [0.25, 0.3) is 5.56 Å². The molecule has 0 aliphatic carbocycles. The zero-order valence-corrected chi connectivity index (χ0v) is 10.7. The van der Waals surface area contributed by atoms with Gasteiger partial charge in [0.15, 0.2) is 4.77 Å². The summed E-state index contributed by atoms with van der Waals surface area (Å²) in [6.07, 6.45) is 0. The number of hydrogen-bond acceptors (Lipinski definition) is 2. The van der Waals surface area contributed by atoms with Crippen molar-refractivity contribution in [2.75, 3.05) is 0 Å². The van der Waals surface area contributed by atoms with Gasteiger partial charge in [0.1, 0.15) is 0 Å². The van der Waals surface area contributed by atoms with Gasteiger partial charge in [-0.2, -0.15) is 0 Å². The number of aromatic nitrogens is 2. The topological polar surface area (TPSA) is 37.8 Å². The standard InChI is InChI=1S/C10H9BrN2OS/c1-5-3-6(11)4-7-8(5)12-10(15)13(2)9(7)14/h3-4H,1-2H3,(H,12,15). The van der Waals surface area contributed by atoms with Gasteiger partial charge < -0.3 is 4.98 Å². The molecule has 0 aliphatic rings. The summed E-state index contributed by atoms with van der Waals surface area (Å²) in [6.45, 7) is 1.94. The summed E-state index contributed by atoms with van der Waals surface area (Å²) in [7, 11) is 1.66. The van der Waals surface area contributed by atoms with Crippen LogP contribution in [0.15, 0.2) is 21.4 Å². The summed E-state index contributed by atoms with van der Waals surface area (Å²) in [5.74, 6) is 0. The molecule has 0 saturated carbocycles. The van der Waals surface area contributed by atoms with Crippen LogP contribution >= 0.6 is 28.1 Å². The maximum absolute atomic E-state index is 11.9. The van der Waals surface area contributed by atoms with Crippen LogP contribution in [0.3, 0.4) is 0 Å². The molecule has 0 fully saturated rings. The molecular formula is C10H9BrN2OS. The lowest BCUT2D eigenvalue weighted by atomic mass is 10.1. The summed E-state index contributed by atoms with van der Waals surface area (Å²) in [5, 5.41) is 0.651. The number of H-pyrrole nitrogens is 1. The Labute approximate surface area is 99.9 Å². The first-order chi connectivity index (χ1) is 7.00. The molecule has 1 N–H and O–H groups in total. The van der Waals surface area contributed by atoms with Crippen molar-refractivity contribution in [3.63, 3.8) is 0 Å². The van der Waals surface area contributed by atoms with E-state index in [4.69, 9.17) is 12.2 Å². The third kappa shape index (κ3) is 1.66. The number of halogens is 1. The lowest BCUT2D eigenvalue weighted by Gasteiger charge is -2.05. The van der Waals surface area contributed by atoms with Crippen molar-refractivity contribution < 1.29 is 0 Å². The van der Waals surface area contributed by atoms with Crippen molar-refractivity contribution in [3.05, 3.63) is 37.3 Å². The van der Waals surface area contributed by atoms with Gasteiger partial charge in [0.05, 0.1) is 10.9 Å². The minimum atomic E-state index is -0.0712. The minimum Gasteiger partial charge on any atom is -0.331 e. The molecule has 0 unspecified atom stereocenters. The van der Waals surface area contributed by atoms with E-state index < -0.39 is 0 Å². The number of fused-ring (bicyclic) bond motifs is 1. The third-order valence-electron chi connectivity index (χ3n) is 2.37. The lowest BCUT2D eigenvalue weighted by Crippen LogP contribution is -2.18. The largest absolute Gasteiger partial charge is 0.331 e. The molecule has 78 valence electrons. The van der Waals surface area contributed by atoms with E-state index in [0.29, 0.717) is 10.2 Å². The zero-order valence-electron chi connectivity index (χ0n) is 8.30. The Morgan fingerprint density at radius 2 is 2.13 bits per heavy atom. The fourth-order valence-corrected chi connectivity index (χ4v) is 2.30. The van der Waals surface area contributed by atoms with E-state index in [1.54, 1.807) is 13.1 Å². The SMILES string of the molecule is Cc1cc(Br)cc2c(=O)n(C)c(=S)[nH]c12. The highest BCUT2D eigenvalue weighted by molar-refractivity contribution is 9.10. The molecule has 1 aromatic heterocycles. The van der Waals surface area contributed by atoms with Gasteiger partial charge in [-0.05, 0) is 36.8 Å². The van der Waals surface area contributed by atoms with Crippen LogP contribution in [0.2, 0.25) is 0 Å². The smallest absolute Gasteiger partial charge is 0.261 e. The molecule has 2 rings (SSSR count). The molecule has 0 amide bonds. The van der Waals surface area contributed by atoms with Crippen LogP contribution in [0.1, 0.15) is 5.56 Å². The molecule has 1 heterocycles. The van der Waals surface area contributed by atoms with Gasteiger partial charge >= 0.3 is 0 Å². The van der Waals surface area contributed by atoms with Crippen molar-refractivity contribution in [3.8, 4) is 0 Å². The zero-order chi connectivity index (χ0) is 11.2. The monoisotopic (exact) mass is 284 g/mol. The van der Waals surface area contributed by atoms with Crippen molar-refractivity contribution in [1.29, 1.82) is 0 Å². The summed E-state index contributed by atoms with van der Waals surface area (Å²) >= 11 is 8.43. The average molecular weight is 285 g/mol. The highest BCUT2D eigenvalue weighted by Crippen LogP contribution is 2.19. The number of nitrogens with zero attached hydrogens (tertiary/aromatic N) is 1. The Morgan fingerprint density at radius 1 is 1.47 bits per heavy atom. The predicted molar refractivity (Wildman–Crippen MR) is 66.8 cm³/mol. The Kier molecular flexibility index (Phi) is 2.52. The number of hydrogen-bond donors (Lipinski definition) is 1. The Bertz CT molecular complexity index is 657. The van der Waals surface area contributed by atoms with Gasteiger partial charge in [0.2, 0.25) is 0 Å². The number of nitrogens with one attached hydrogen (secondary N) is 1. The van der Waals surface area contributed by atoms with Crippen molar-refractivity contribution in [1.82, 2.24) is 9.55 Å². The molecule has 1 aromatic carbocycles. The summed E-state index contributed by atoms with van der Waals surface area (Å²) in [5.41, 5.74) is 1.74. The molecule has 2 aromatic rings. The summed E-state index contributed by atoms with van der Waals surface area (Å²) < 4.78 is 2.77. The summed E-state index contributed by atoms with van der Waals surface area (Å²) in [6, 6.07) is 3.75. The number of aryl methyl sites for hydroxylation is 1. The van der Waals surface area contributed by atoms with Gasteiger partial charge in [-0.1, -0.05) is 15.9 Å². The highest BCUT2D eigenvalue weighted by atomic mass is 79.9. The second-order valence-electron chi connectivity index (χ2n) is 3.44.